The molecule has 0 bridgehead atoms. The third kappa shape index (κ3) is 4.60. The lowest BCUT2D eigenvalue weighted by Gasteiger charge is -2.37. The molecule has 2 atom stereocenters. The third-order valence-electron chi connectivity index (χ3n) is 4.08. The molecule has 1 aromatic rings. The van der Waals surface area contributed by atoms with E-state index in [-0.39, 0.29) is 11.3 Å². The molecule has 136 valence electrons. The molecule has 9 heteroatoms. The van der Waals surface area contributed by atoms with Crippen molar-refractivity contribution in [1.82, 2.24) is 9.31 Å². The van der Waals surface area contributed by atoms with E-state index in [2.05, 4.69) is 10.0 Å². The van der Waals surface area contributed by atoms with Crippen molar-refractivity contribution in [3.05, 3.63) is 29.8 Å². The van der Waals surface area contributed by atoms with E-state index in [1.54, 1.807) is 24.6 Å². The largest absolute Gasteiger partial charge is 0.497 e. The molecule has 3 rings (SSSR count). The lowest BCUT2D eigenvalue weighted by Crippen LogP contribution is -2.56. The Morgan fingerprint density at radius 1 is 1.52 bits per heavy atom. The fraction of sp³-hybridized carbons (Fsp3) is 0.500. The number of morpholine rings is 1. The Morgan fingerprint density at radius 3 is 3.04 bits per heavy atom. The van der Waals surface area contributed by atoms with E-state index < -0.39 is 6.04 Å². The van der Waals surface area contributed by atoms with Gasteiger partial charge in [0.15, 0.2) is 0 Å². The van der Waals surface area contributed by atoms with Crippen LogP contribution in [-0.4, -0.2) is 65.6 Å². The summed E-state index contributed by atoms with van der Waals surface area (Å²) in [5.41, 5.74) is 8.63. The molecule has 0 saturated carbocycles. The van der Waals surface area contributed by atoms with Crippen molar-refractivity contribution < 1.29 is 14.3 Å². The number of ether oxygens (including phenoxy) is 2. The van der Waals surface area contributed by atoms with E-state index in [0.29, 0.717) is 26.3 Å². The number of thioether (sulfide) groups is 1. The van der Waals surface area contributed by atoms with Crippen LogP contribution < -0.4 is 10.5 Å². The maximum Gasteiger partial charge on any atom is 0.237 e. The van der Waals surface area contributed by atoms with Crippen molar-refractivity contribution >= 4 is 35.2 Å². The standard InChI is InChI=1S/C16H22N4O3S2/c1-22-13-4-2-3-12(9-13)10-25-20-16(24-11-18-20)14(15(17)21)19-5-7-23-8-6-19/h2-4,9,11,14,16H,5-8,10H2,1H3,(H2,17,21). The Kier molecular flexibility index (Phi) is 6.46. The van der Waals surface area contributed by atoms with E-state index >= 15 is 0 Å². The van der Waals surface area contributed by atoms with E-state index in [4.69, 9.17) is 15.2 Å². The number of primary amides is 1. The number of hydrogen-bond acceptors (Lipinski definition) is 8. The second kappa shape index (κ2) is 8.79. The van der Waals surface area contributed by atoms with Crippen LogP contribution in [0.15, 0.2) is 29.4 Å². The predicted octanol–water partition coefficient (Wildman–Crippen LogP) is 1.35. The maximum absolute atomic E-state index is 12.1. The molecule has 1 fully saturated rings. The normalized spacial score (nSPS) is 22.1. The summed E-state index contributed by atoms with van der Waals surface area (Å²) in [6, 6.07) is 7.54. The van der Waals surface area contributed by atoms with Crippen molar-refractivity contribution in [2.24, 2.45) is 10.8 Å². The molecule has 0 spiro atoms. The SMILES string of the molecule is COc1cccc(CSN2N=CSC2C(C(N)=O)N2CCOCC2)c1. The van der Waals surface area contributed by atoms with Gasteiger partial charge in [-0.1, -0.05) is 23.9 Å². The molecule has 2 aliphatic rings. The van der Waals surface area contributed by atoms with Gasteiger partial charge in [-0.2, -0.15) is 5.10 Å². The minimum absolute atomic E-state index is 0.133. The van der Waals surface area contributed by atoms with Crippen molar-refractivity contribution in [2.75, 3.05) is 33.4 Å². The fourth-order valence-electron chi connectivity index (χ4n) is 2.82. The van der Waals surface area contributed by atoms with Crippen LogP contribution in [0, 0.1) is 0 Å². The van der Waals surface area contributed by atoms with Gasteiger partial charge in [-0.15, -0.1) is 0 Å². The Balaban J connectivity index is 1.65. The number of nitrogens with two attached hydrogens (primary N) is 1. The van der Waals surface area contributed by atoms with Crippen LogP contribution in [0.4, 0.5) is 0 Å². The summed E-state index contributed by atoms with van der Waals surface area (Å²) in [6.45, 7) is 2.66. The fourth-order valence-corrected chi connectivity index (χ4v) is 4.94. The average molecular weight is 383 g/mol. The van der Waals surface area contributed by atoms with E-state index in [1.165, 1.54) is 11.8 Å². The highest BCUT2D eigenvalue weighted by Gasteiger charge is 2.39. The predicted molar refractivity (Wildman–Crippen MR) is 101 cm³/mol. The molecule has 25 heavy (non-hydrogen) atoms. The monoisotopic (exact) mass is 382 g/mol. The minimum atomic E-state index is -0.394. The summed E-state index contributed by atoms with van der Waals surface area (Å²) in [6.07, 6.45) is 0. The third-order valence-corrected chi connectivity index (χ3v) is 6.21. The van der Waals surface area contributed by atoms with Crippen molar-refractivity contribution in [3.63, 3.8) is 0 Å². The number of amides is 1. The van der Waals surface area contributed by atoms with Gasteiger partial charge < -0.3 is 15.2 Å². The average Bonchev–Trinajstić information content (AvgIpc) is 3.09. The molecule has 0 aliphatic carbocycles. The van der Waals surface area contributed by atoms with Gasteiger partial charge in [0.1, 0.15) is 17.2 Å². The quantitative estimate of drug-likeness (QED) is 0.713. The number of benzene rings is 1. The van der Waals surface area contributed by atoms with Gasteiger partial charge in [0.2, 0.25) is 5.91 Å². The lowest BCUT2D eigenvalue weighted by molar-refractivity contribution is -0.125. The van der Waals surface area contributed by atoms with Crippen LogP contribution in [0.5, 0.6) is 5.75 Å². The van der Waals surface area contributed by atoms with Gasteiger partial charge in [0.05, 0.1) is 25.9 Å². The topological polar surface area (TPSA) is 80.4 Å². The first-order valence-electron chi connectivity index (χ1n) is 8.03. The van der Waals surface area contributed by atoms with E-state index in [1.807, 2.05) is 28.7 Å². The van der Waals surface area contributed by atoms with E-state index in [0.717, 1.165) is 17.1 Å². The van der Waals surface area contributed by atoms with Crippen LogP contribution in [0.3, 0.4) is 0 Å². The minimum Gasteiger partial charge on any atom is -0.497 e. The molecule has 0 radical (unpaired) electrons. The molecule has 2 unspecified atom stereocenters. The Morgan fingerprint density at radius 2 is 2.32 bits per heavy atom. The number of rotatable bonds is 7. The molecule has 2 aliphatic heterocycles. The number of methoxy groups -OCH3 is 1. The molecule has 2 heterocycles. The maximum atomic E-state index is 12.1. The molecular weight excluding hydrogens is 360 g/mol. The summed E-state index contributed by atoms with van der Waals surface area (Å²) in [5, 5.41) is 4.28. The molecule has 0 aromatic heterocycles. The first kappa shape index (κ1) is 18.4. The number of carbonyl (C=O) groups is 1. The summed E-state index contributed by atoms with van der Waals surface area (Å²) >= 11 is 3.10. The van der Waals surface area contributed by atoms with Gasteiger partial charge >= 0.3 is 0 Å². The molecule has 1 amide bonds. The number of carbonyl (C=O) groups excluding carboxylic acids is 1. The van der Waals surface area contributed by atoms with Crippen LogP contribution in [0.1, 0.15) is 5.56 Å². The van der Waals surface area contributed by atoms with Gasteiger partial charge in [0, 0.05) is 18.8 Å². The van der Waals surface area contributed by atoms with Crippen LogP contribution in [0.2, 0.25) is 0 Å². The van der Waals surface area contributed by atoms with Crippen molar-refractivity contribution in [1.29, 1.82) is 0 Å². The number of hydrazone groups is 1. The highest BCUT2D eigenvalue weighted by Crippen LogP contribution is 2.34. The second-order valence-electron chi connectivity index (χ2n) is 5.67. The van der Waals surface area contributed by atoms with Gasteiger partial charge in [-0.05, 0) is 29.6 Å². The lowest BCUT2D eigenvalue weighted by atomic mass is 10.2. The van der Waals surface area contributed by atoms with E-state index in [9.17, 15) is 4.79 Å². The zero-order valence-corrected chi connectivity index (χ0v) is 15.7. The summed E-state index contributed by atoms with van der Waals surface area (Å²) in [5.74, 6) is 1.24. The summed E-state index contributed by atoms with van der Waals surface area (Å²) < 4.78 is 12.5. The highest BCUT2D eigenvalue weighted by molar-refractivity contribution is 8.13. The zero-order chi connectivity index (χ0) is 17.6. The number of nitrogens with zero attached hydrogens (tertiary/aromatic N) is 3. The van der Waals surface area contributed by atoms with Crippen LogP contribution >= 0.6 is 23.7 Å². The van der Waals surface area contributed by atoms with Gasteiger partial charge in [0.25, 0.3) is 0 Å². The first-order valence-corrected chi connectivity index (χ1v) is 9.91. The Bertz CT molecular complexity index is 625. The molecule has 1 aromatic carbocycles. The second-order valence-corrected chi connectivity index (χ2v) is 7.56. The van der Waals surface area contributed by atoms with Crippen molar-refractivity contribution in [2.45, 2.75) is 17.2 Å². The molecular formula is C16H22N4O3S2. The van der Waals surface area contributed by atoms with Crippen molar-refractivity contribution in [3.8, 4) is 5.75 Å². The van der Waals surface area contributed by atoms with Crippen LogP contribution in [0.25, 0.3) is 0 Å². The van der Waals surface area contributed by atoms with Crippen LogP contribution in [-0.2, 0) is 15.3 Å². The smallest absolute Gasteiger partial charge is 0.237 e. The molecule has 1 saturated heterocycles. The van der Waals surface area contributed by atoms with Gasteiger partial charge in [-0.25, -0.2) is 4.41 Å². The van der Waals surface area contributed by atoms with Gasteiger partial charge in [-0.3, -0.25) is 9.69 Å². The molecule has 2 N–H and O–H groups in total. The summed E-state index contributed by atoms with van der Waals surface area (Å²) in [7, 11) is 1.66. The molecule has 7 nitrogen and oxygen atoms in total. The Hall–Kier alpha value is -1.42. The first-order chi connectivity index (χ1) is 12.2. The Labute approximate surface area is 156 Å². The summed E-state index contributed by atoms with van der Waals surface area (Å²) in [4.78, 5) is 14.2. The highest BCUT2D eigenvalue weighted by atomic mass is 32.2. The number of hydrogen-bond donors (Lipinski definition) is 1. The zero-order valence-electron chi connectivity index (χ0n) is 14.0.